The number of benzene rings is 2. The molecule has 0 aliphatic rings. The minimum Gasteiger partial charge on any atom is -0.497 e. The van der Waals surface area contributed by atoms with Crippen molar-refractivity contribution in [1.29, 1.82) is 0 Å². The van der Waals surface area contributed by atoms with Crippen molar-refractivity contribution in [2.45, 2.75) is 19.9 Å². The summed E-state index contributed by atoms with van der Waals surface area (Å²) in [6.45, 7) is 2.57. The number of nitrogens with one attached hydrogen (secondary N) is 1. The van der Waals surface area contributed by atoms with E-state index in [4.69, 9.17) is 9.47 Å². The van der Waals surface area contributed by atoms with Crippen LogP contribution in [-0.4, -0.2) is 34.2 Å². The molecule has 0 unspecified atom stereocenters. The molecule has 2 heterocycles. The van der Waals surface area contributed by atoms with Crippen molar-refractivity contribution in [3.05, 3.63) is 77.6 Å². The molecule has 33 heavy (non-hydrogen) atoms. The van der Waals surface area contributed by atoms with Crippen molar-refractivity contribution in [2.24, 2.45) is 0 Å². The van der Waals surface area contributed by atoms with Crippen LogP contribution in [0.5, 0.6) is 11.5 Å². The average molecular weight is 452 g/mol. The minimum atomic E-state index is -2.80. The highest BCUT2D eigenvalue weighted by molar-refractivity contribution is 5.99. The van der Waals surface area contributed by atoms with E-state index in [-0.39, 0.29) is 23.4 Å². The number of para-hydroxylation sites is 1. The highest BCUT2D eigenvalue weighted by Crippen LogP contribution is 2.28. The van der Waals surface area contributed by atoms with E-state index < -0.39 is 12.3 Å². The normalized spacial score (nSPS) is 11.1. The summed E-state index contributed by atoms with van der Waals surface area (Å²) in [4.78, 5) is 17.4. The molecule has 0 saturated carbocycles. The number of methoxy groups -OCH3 is 1. The Morgan fingerprint density at radius 1 is 1.15 bits per heavy atom. The van der Waals surface area contributed by atoms with E-state index in [1.807, 2.05) is 31.2 Å². The molecule has 0 radical (unpaired) electrons. The summed E-state index contributed by atoms with van der Waals surface area (Å²) in [7, 11) is 1.54. The number of amides is 1. The fourth-order valence-electron chi connectivity index (χ4n) is 3.43. The van der Waals surface area contributed by atoms with Gasteiger partial charge in [0.25, 0.3) is 12.3 Å². The van der Waals surface area contributed by atoms with Crippen LogP contribution in [0.1, 0.15) is 35.0 Å². The summed E-state index contributed by atoms with van der Waals surface area (Å²) >= 11 is 0. The van der Waals surface area contributed by atoms with Crippen LogP contribution in [-0.2, 0) is 6.54 Å². The highest BCUT2D eigenvalue weighted by Gasteiger charge is 2.21. The van der Waals surface area contributed by atoms with Crippen LogP contribution in [0.2, 0.25) is 0 Å². The second-order valence-corrected chi connectivity index (χ2v) is 7.11. The lowest BCUT2D eigenvalue weighted by atomic mass is 10.1. The van der Waals surface area contributed by atoms with Gasteiger partial charge in [0.15, 0.2) is 5.65 Å². The van der Waals surface area contributed by atoms with Crippen molar-refractivity contribution >= 4 is 11.6 Å². The standard InChI is InChI=1S/C24H22F2N4O3/c1-3-33-21-7-5-4-6-16(21)13-27-24(31)18-14-28-30-20(22(25)26)12-19(29-23(18)30)15-8-10-17(32-2)11-9-15/h4-12,14,22H,3,13H2,1-2H3,(H,27,31). The van der Waals surface area contributed by atoms with Crippen LogP contribution in [0.25, 0.3) is 16.9 Å². The number of nitrogens with zero attached hydrogens (tertiary/aromatic N) is 3. The fourth-order valence-corrected chi connectivity index (χ4v) is 3.43. The fraction of sp³-hybridized carbons (Fsp3) is 0.208. The smallest absolute Gasteiger partial charge is 0.280 e. The van der Waals surface area contributed by atoms with E-state index in [0.717, 1.165) is 10.1 Å². The van der Waals surface area contributed by atoms with Crippen LogP contribution in [0.3, 0.4) is 0 Å². The molecule has 1 N–H and O–H groups in total. The highest BCUT2D eigenvalue weighted by atomic mass is 19.3. The van der Waals surface area contributed by atoms with Gasteiger partial charge in [0.1, 0.15) is 22.8 Å². The van der Waals surface area contributed by atoms with Crippen LogP contribution < -0.4 is 14.8 Å². The van der Waals surface area contributed by atoms with Crippen molar-refractivity contribution < 1.29 is 23.0 Å². The van der Waals surface area contributed by atoms with Gasteiger partial charge in [0, 0.05) is 17.7 Å². The predicted molar refractivity (Wildman–Crippen MR) is 119 cm³/mol. The Morgan fingerprint density at radius 3 is 2.61 bits per heavy atom. The largest absolute Gasteiger partial charge is 0.497 e. The monoisotopic (exact) mass is 452 g/mol. The molecule has 0 aliphatic heterocycles. The lowest BCUT2D eigenvalue weighted by molar-refractivity contribution is 0.0952. The lowest BCUT2D eigenvalue weighted by Gasteiger charge is -2.11. The first kappa shape index (κ1) is 22.2. The van der Waals surface area contributed by atoms with Gasteiger partial charge in [-0.1, -0.05) is 18.2 Å². The number of alkyl halides is 2. The number of carbonyl (C=O) groups excluding carboxylic acids is 1. The summed E-state index contributed by atoms with van der Waals surface area (Å²) in [6, 6.07) is 15.5. The summed E-state index contributed by atoms with van der Waals surface area (Å²) in [5, 5.41) is 6.79. The van der Waals surface area contributed by atoms with E-state index in [1.165, 1.54) is 19.4 Å². The SMILES string of the molecule is CCOc1ccccc1CNC(=O)c1cnn2c(C(F)F)cc(-c3ccc(OC)cc3)nc12. The van der Waals surface area contributed by atoms with Gasteiger partial charge in [0.05, 0.1) is 25.6 Å². The van der Waals surface area contributed by atoms with E-state index in [9.17, 15) is 13.6 Å². The molecule has 2 aromatic heterocycles. The molecule has 0 spiro atoms. The Hall–Kier alpha value is -4.01. The maximum absolute atomic E-state index is 13.8. The van der Waals surface area contributed by atoms with E-state index in [0.29, 0.717) is 29.4 Å². The first-order valence-electron chi connectivity index (χ1n) is 10.3. The van der Waals surface area contributed by atoms with Gasteiger partial charge in [0.2, 0.25) is 0 Å². The summed E-state index contributed by atoms with van der Waals surface area (Å²) in [6.07, 6.45) is -1.56. The predicted octanol–water partition coefficient (Wildman–Crippen LogP) is 4.67. The number of halogens is 2. The zero-order valence-electron chi connectivity index (χ0n) is 18.1. The third kappa shape index (κ3) is 4.62. The molecule has 7 nitrogen and oxygen atoms in total. The maximum atomic E-state index is 13.8. The quantitative estimate of drug-likeness (QED) is 0.420. The van der Waals surface area contributed by atoms with Crippen LogP contribution >= 0.6 is 0 Å². The summed E-state index contributed by atoms with van der Waals surface area (Å²) < 4.78 is 39.3. The minimum absolute atomic E-state index is 0.0502. The maximum Gasteiger partial charge on any atom is 0.280 e. The van der Waals surface area contributed by atoms with E-state index in [1.54, 1.807) is 24.3 Å². The number of hydrogen-bond donors (Lipinski definition) is 1. The van der Waals surface area contributed by atoms with Gasteiger partial charge >= 0.3 is 0 Å². The van der Waals surface area contributed by atoms with Crippen LogP contribution in [0.4, 0.5) is 8.78 Å². The zero-order valence-corrected chi connectivity index (χ0v) is 18.1. The lowest BCUT2D eigenvalue weighted by Crippen LogP contribution is -2.23. The van der Waals surface area contributed by atoms with Crippen molar-refractivity contribution in [3.63, 3.8) is 0 Å². The molecule has 0 atom stereocenters. The van der Waals surface area contributed by atoms with E-state index in [2.05, 4.69) is 15.4 Å². The van der Waals surface area contributed by atoms with Gasteiger partial charge in [-0.2, -0.15) is 5.10 Å². The number of ether oxygens (including phenoxy) is 2. The molecular weight excluding hydrogens is 430 g/mol. The van der Waals surface area contributed by atoms with Crippen LogP contribution in [0, 0.1) is 0 Å². The Labute approximate surface area is 189 Å². The summed E-state index contributed by atoms with van der Waals surface area (Å²) in [5.74, 6) is 0.821. The van der Waals surface area contributed by atoms with Gasteiger partial charge in [-0.3, -0.25) is 4.79 Å². The molecular formula is C24H22F2N4O3. The molecule has 0 bridgehead atoms. The van der Waals surface area contributed by atoms with Gasteiger partial charge in [-0.25, -0.2) is 18.3 Å². The average Bonchev–Trinajstić information content (AvgIpc) is 3.27. The second kappa shape index (κ2) is 9.64. The Balaban J connectivity index is 1.68. The molecule has 0 saturated heterocycles. The molecule has 9 heteroatoms. The van der Waals surface area contributed by atoms with Gasteiger partial charge in [-0.05, 0) is 43.3 Å². The Bertz CT molecular complexity index is 1270. The Kier molecular flexibility index (Phi) is 6.48. The van der Waals surface area contributed by atoms with E-state index >= 15 is 0 Å². The first-order valence-corrected chi connectivity index (χ1v) is 10.3. The number of aromatic nitrogens is 3. The first-order chi connectivity index (χ1) is 16.0. The third-order valence-corrected chi connectivity index (χ3v) is 5.07. The molecule has 1 amide bonds. The zero-order chi connectivity index (χ0) is 23.4. The number of hydrogen-bond acceptors (Lipinski definition) is 5. The number of carbonyl (C=O) groups is 1. The molecule has 4 aromatic rings. The van der Waals surface area contributed by atoms with Crippen LogP contribution in [0.15, 0.2) is 60.8 Å². The second-order valence-electron chi connectivity index (χ2n) is 7.11. The van der Waals surface area contributed by atoms with Crippen molar-refractivity contribution in [2.75, 3.05) is 13.7 Å². The Morgan fingerprint density at radius 2 is 1.91 bits per heavy atom. The third-order valence-electron chi connectivity index (χ3n) is 5.07. The molecule has 0 fully saturated rings. The number of rotatable bonds is 8. The van der Waals surface area contributed by atoms with Crippen molar-refractivity contribution in [1.82, 2.24) is 19.9 Å². The van der Waals surface area contributed by atoms with Gasteiger partial charge < -0.3 is 14.8 Å². The molecule has 0 aliphatic carbocycles. The van der Waals surface area contributed by atoms with Crippen molar-refractivity contribution in [3.8, 4) is 22.8 Å². The topological polar surface area (TPSA) is 77.8 Å². The number of fused-ring (bicyclic) bond motifs is 1. The molecule has 4 rings (SSSR count). The molecule has 2 aromatic carbocycles. The molecule has 170 valence electrons. The van der Waals surface area contributed by atoms with Gasteiger partial charge in [-0.15, -0.1) is 0 Å². The summed E-state index contributed by atoms with van der Waals surface area (Å²) in [5.41, 5.74) is 1.50.